The van der Waals surface area contributed by atoms with Gasteiger partial charge >= 0.3 is 6.18 Å². The van der Waals surface area contributed by atoms with Crippen LogP contribution in [0.25, 0.3) is 0 Å². The topological polar surface area (TPSA) is 35.2 Å². The van der Waals surface area contributed by atoms with Gasteiger partial charge in [0.1, 0.15) is 11.8 Å². The molecule has 0 aliphatic rings. The van der Waals surface area contributed by atoms with Gasteiger partial charge in [-0.2, -0.15) is 13.2 Å². The van der Waals surface area contributed by atoms with Gasteiger partial charge in [-0.1, -0.05) is 11.6 Å². The van der Waals surface area contributed by atoms with E-state index in [4.69, 9.17) is 22.1 Å². The van der Waals surface area contributed by atoms with Crippen molar-refractivity contribution in [2.45, 2.75) is 19.1 Å². The third-order valence-corrected chi connectivity index (χ3v) is 2.61. The van der Waals surface area contributed by atoms with Crippen LogP contribution in [0.15, 0.2) is 12.1 Å². The summed E-state index contributed by atoms with van der Waals surface area (Å²) in [6.07, 6.45) is -4.52. The van der Waals surface area contributed by atoms with Gasteiger partial charge in [0.05, 0.1) is 7.11 Å². The van der Waals surface area contributed by atoms with E-state index in [9.17, 15) is 13.2 Å². The number of alkyl halides is 3. The minimum atomic E-state index is -4.52. The van der Waals surface area contributed by atoms with Crippen LogP contribution in [0.3, 0.4) is 0 Å². The van der Waals surface area contributed by atoms with Crippen LogP contribution in [0.5, 0.6) is 5.75 Å². The Morgan fingerprint density at radius 1 is 1.38 bits per heavy atom. The molecule has 2 N–H and O–H groups in total. The Balaban J connectivity index is 3.27. The number of nitrogens with two attached hydrogens (primary N) is 1. The summed E-state index contributed by atoms with van der Waals surface area (Å²) >= 11 is 5.76. The number of ether oxygens (including phenoxy) is 1. The fourth-order valence-corrected chi connectivity index (χ4v) is 1.44. The molecule has 90 valence electrons. The minimum Gasteiger partial charge on any atom is -0.496 e. The Morgan fingerprint density at radius 2 is 1.94 bits per heavy atom. The second-order valence-electron chi connectivity index (χ2n) is 3.36. The van der Waals surface area contributed by atoms with Gasteiger partial charge in [0.25, 0.3) is 0 Å². The smallest absolute Gasteiger partial charge is 0.407 e. The summed E-state index contributed by atoms with van der Waals surface area (Å²) < 4.78 is 42.2. The van der Waals surface area contributed by atoms with E-state index in [1.54, 1.807) is 6.92 Å². The van der Waals surface area contributed by atoms with E-state index in [1.165, 1.54) is 19.2 Å². The van der Waals surface area contributed by atoms with Gasteiger partial charge in [-0.3, -0.25) is 0 Å². The maximum atomic E-state index is 12.5. The first-order valence-corrected chi connectivity index (χ1v) is 4.81. The van der Waals surface area contributed by atoms with Crippen LogP contribution in [0.1, 0.15) is 17.2 Å². The number of methoxy groups -OCH3 is 1. The van der Waals surface area contributed by atoms with E-state index >= 15 is 0 Å². The predicted molar refractivity (Wildman–Crippen MR) is 55.7 cm³/mol. The molecule has 1 unspecified atom stereocenters. The summed E-state index contributed by atoms with van der Waals surface area (Å²) in [5.74, 6) is 0.0896. The maximum absolute atomic E-state index is 12.5. The summed E-state index contributed by atoms with van der Waals surface area (Å²) in [6.45, 7) is 1.67. The first kappa shape index (κ1) is 13.1. The molecule has 0 aliphatic carbocycles. The first-order chi connectivity index (χ1) is 7.27. The molecule has 0 fully saturated rings. The standard InChI is InChI=1S/C10H11ClF3NO/c1-5-3-8(16-2)6(4-7(5)11)9(15)10(12,13)14/h3-4,9H,15H2,1-2H3. The van der Waals surface area contributed by atoms with E-state index < -0.39 is 12.2 Å². The Labute approximate surface area is 96.1 Å². The average molecular weight is 254 g/mol. The lowest BCUT2D eigenvalue weighted by atomic mass is 10.0. The van der Waals surface area contributed by atoms with Crippen LogP contribution in [0, 0.1) is 6.92 Å². The molecule has 1 aromatic rings. The lowest BCUT2D eigenvalue weighted by Gasteiger charge is -2.19. The largest absolute Gasteiger partial charge is 0.496 e. The Morgan fingerprint density at radius 3 is 2.38 bits per heavy atom. The summed E-state index contributed by atoms with van der Waals surface area (Å²) in [6, 6.07) is 0.525. The van der Waals surface area contributed by atoms with Crippen LogP contribution >= 0.6 is 11.6 Å². The Bertz CT molecular complexity index is 392. The molecule has 0 saturated heterocycles. The molecule has 0 aliphatic heterocycles. The molecule has 2 nitrogen and oxygen atoms in total. The first-order valence-electron chi connectivity index (χ1n) is 4.43. The Hall–Kier alpha value is -0.940. The molecule has 0 radical (unpaired) electrons. The zero-order chi connectivity index (χ0) is 12.5. The number of benzene rings is 1. The highest BCUT2D eigenvalue weighted by Gasteiger charge is 2.39. The SMILES string of the molecule is COc1cc(C)c(Cl)cc1C(N)C(F)(F)F. The summed E-state index contributed by atoms with van der Waals surface area (Å²) in [7, 11) is 1.29. The van der Waals surface area contributed by atoms with Gasteiger partial charge in [-0.15, -0.1) is 0 Å². The van der Waals surface area contributed by atoms with Crippen molar-refractivity contribution in [2.75, 3.05) is 7.11 Å². The summed E-state index contributed by atoms with van der Waals surface area (Å²) in [4.78, 5) is 0. The van der Waals surface area contributed by atoms with E-state index in [-0.39, 0.29) is 16.3 Å². The highest BCUT2D eigenvalue weighted by atomic mass is 35.5. The van der Waals surface area contributed by atoms with Crippen LogP contribution < -0.4 is 10.5 Å². The van der Waals surface area contributed by atoms with Gasteiger partial charge < -0.3 is 10.5 Å². The van der Waals surface area contributed by atoms with E-state index in [0.717, 1.165) is 0 Å². The van der Waals surface area contributed by atoms with Gasteiger partial charge in [-0.25, -0.2) is 0 Å². The summed E-state index contributed by atoms with van der Waals surface area (Å²) in [5, 5.41) is 0.232. The molecule has 6 heteroatoms. The number of aryl methyl sites for hydroxylation is 1. The fourth-order valence-electron chi connectivity index (χ4n) is 1.27. The van der Waals surface area contributed by atoms with Crippen molar-refractivity contribution in [2.24, 2.45) is 5.73 Å². The van der Waals surface area contributed by atoms with Crippen molar-refractivity contribution in [1.82, 2.24) is 0 Å². The molecule has 0 spiro atoms. The average Bonchev–Trinajstić information content (AvgIpc) is 2.19. The number of rotatable bonds is 2. The molecule has 16 heavy (non-hydrogen) atoms. The number of halogens is 4. The molecule has 0 aromatic heterocycles. The zero-order valence-electron chi connectivity index (χ0n) is 8.73. The molecule has 0 heterocycles. The lowest BCUT2D eigenvalue weighted by molar-refractivity contribution is -0.149. The molecular weight excluding hydrogens is 243 g/mol. The highest BCUT2D eigenvalue weighted by molar-refractivity contribution is 6.31. The van der Waals surface area contributed by atoms with Crippen molar-refractivity contribution in [1.29, 1.82) is 0 Å². The predicted octanol–water partition coefficient (Wildman–Crippen LogP) is 3.22. The second kappa shape index (κ2) is 4.51. The third kappa shape index (κ3) is 2.59. The third-order valence-electron chi connectivity index (χ3n) is 2.20. The highest BCUT2D eigenvalue weighted by Crippen LogP contribution is 2.37. The molecular formula is C10H11ClF3NO. The van der Waals surface area contributed by atoms with E-state index in [1.807, 2.05) is 0 Å². The molecule has 1 atom stereocenters. The lowest BCUT2D eigenvalue weighted by Crippen LogP contribution is -2.28. The van der Waals surface area contributed by atoms with E-state index in [2.05, 4.69) is 0 Å². The van der Waals surface area contributed by atoms with Crippen molar-refractivity contribution in [3.63, 3.8) is 0 Å². The Kier molecular flexibility index (Phi) is 3.70. The van der Waals surface area contributed by atoms with Crippen LogP contribution in [0.4, 0.5) is 13.2 Å². The van der Waals surface area contributed by atoms with E-state index in [0.29, 0.717) is 5.56 Å². The van der Waals surface area contributed by atoms with Crippen LogP contribution in [-0.2, 0) is 0 Å². The van der Waals surface area contributed by atoms with Gasteiger partial charge in [0.15, 0.2) is 0 Å². The van der Waals surface area contributed by atoms with Crippen LogP contribution in [0.2, 0.25) is 5.02 Å². The van der Waals surface area contributed by atoms with Gasteiger partial charge in [-0.05, 0) is 24.6 Å². The zero-order valence-corrected chi connectivity index (χ0v) is 9.49. The summed E-state index contributed by atoms with van der Waals surface area (Å²) in [5.41, 5.74) is 5.58. The second-order valence-corrected chi connectivity index (χ2v) is 3.77. The van der Waals surface area contributed by atoms with Crippen molar-refractivity contribution >= 4 is 11.6 Å². The molecule has 0 amide bonds. The molecule has 1 rings (SSSR count). The molecule has 0 saturated carbocycles. The van der Waals surface area contributed by atoms with Crippen molar-refractivity contribution < 1.29 is 17.9 Å². The number of hydrogen-bond acceptors (Lipinski definition) is 2. The van der Waals surface area contributed by atoms with Gasteiger partial charge in [0, 0.05) is 10.6 Å². The van der Waals surface area contributed by atoms with Crippen LogP contribution in [-0.4, -0.2) is 13.3 Å². The van der Waals surface area contributed by atoms with Crippen molar-refractivity contribution in [3.8, 4) is 5.75 Å². The number of hydrogen-bond donors (Lipinski definition) is 1. The van der Waals surface area contributed by atoms with Crippen molar-refractivity contribution in [3.05, 3.63) is 28.3 Å². The quantitative estimate of drug-likeness (QED) is 0.878. The fraction of sp³-hybridized carbons (Fsp3) is 0.400. The van der Waals surface area contributed by atoms with Gasteiger partial charge in [0.2, 0.25) is 0 Å². The monoisotopic (exact) mass is 253 g/mol. The maximum Gasteiger partial charge on any atom is 0.407 e. The molecule has 1 aromatic carbocycles. The molecule has 0 bridgehead atoms. The normalized spacial score (nSPS) is 13.7. The minimum absolute atomic E-state index is 0.0896.